The molecule has 1 heterocycles. The summed E-state index contributed by atoms with van der Waals surface area (Å²) in [7, 11) is 3.15. The molecule has 2 N–H and O–H groups in total. The highest BCUT2D eigenvalue weighted by Gasteiger charge is 2.34. The van der Waals surface area contributed by atoms with E-state index in [9.17, 15) is 9.90 Å². The van der Waals surface area contributed by atoms with Gasteiger partial charge in [0.15, 0.2) is 0 Å². The predicted molar refractivity (Wildman–Crippen MR) is 70.8 cm³/mol. The van der Waals surface area contributed by atoms with Gasteiger partial charge in [0, 0.05) is 17.2 Å². The van der Waals surface area contributed by atoms with Gasteiger partial charge in [-0.25, -0.2) is 0 Å². The van der Waals surface area contributed by atoms with Gasteiger partial charge in [-0.1, -0.05) is 6.92 Å². The average molecular weight is 265 g/mol. The molecular weight excluding hydrogens is 246 g/mol. The number of hydrogen-bond donors (Lipinski definition) is 2. The number of nitrogens with one attached hydrogen (secondary N) is 1. The highest BCUT2D eigenvalue weighted by molar-refractivity contribution is 5.78. The first-order valence-corrected chi connectivity index (χ1v) is 6.35. The molecule has 104 valence electrons. The molecule has 2 rings (SSSR count). The first-order valence-electron chi connectivity index (χ1n) is 6.35. The van der Waals surface area contributed by atoms with Crippen molar-refractivity contribution in [1.82, 2.24) is 5.32 Å². The Bertz CT molecular complexity index is 487. The monoisotopic (exact) mass is 265 g/mol. The van der Waals surface area contributed by atoms with Gasteiger partial charge in [-0.3, -0.25) is 10.1 Å². The van der Waals surface area contributed by atoms with Gasteiger partial charge in [0.05, 0.1) is 14.2 Å². The second-order valence-electron chi connectivity index (χ2n) is 4.61. The number of rotatable bonds is 4. The largest absolute Gasteiger partial charge is 0.496 e. The van der Waals surface area contributed by atoms with Crippen LogP contribution in [-0.4, -0.2) is 31.3 Å². The van der Waals surface area contributed by atoms with Crippen molar-refractivity contribution in [2.45, 2.75) is 31.8 Å². The lowest BCUT2D eigenvalue weighted by atomic mass is 9.87. The van der Waals surface area contributed by atoms with Gasteiger partial charge in [0.2, 0.25) is 0 Å². The Morgan fingerprint density at radius 2 is 2.00 bits per heavy atom. The highest BCUT2D eigenvalue weighted by Crippen LogP contribution is 2.39. The van der Waals surface area contributed by atoms with Crippen molar-refractivity contribution >= 4 is 5.97 Å². The van der Waals surface area contributed by atoms with E-state index < -0.39 is 12.0 Å². The predicted octanol–water partition coefficient (Wildman–Crippen LogP) is 1.75. The number of fused-ring (bicyclic) bond motifs is 1. The van der Waals surface area contributed by atoms with E-state index in [0.717, 1.165) is 24.2 Å². The molecule has 5 heteroatoms. The lowest BCUT2D eigenvalue weighted by molar-refractivity contribution is -0.140. The standard InChI is InChI=1S/C14H19NO4/c1-4-8-7-9-10(18-2)5-6-11(19-3)12(9)13(15-8)14(16)17/h5-6,8,13,15H,4,7H2,1-3H3,(H,16,17). The molecule has 0 fully saturated rings. The van der Waals surface area contributed by atoms with Crippen molar-refractivity contribution < 1.29 is 19.4 Å². The maximum atomic E-state index is 11.5. The Balaban J connectivity index is 2.59. The molecule has 0 radical (unpaired) electrons. The molecule has 2 atom stereocenters. The topological polar surface area (TPSA) is 67.8 Å². The Kier molecular flexibility index (Phi) is 3.95. The number of benzene rings is 1. The molecular formula is C14H19NO4. The number of hydrogen-bond acceptors (Lipinski definition) is 4. The second kappa shape index (κ2) is 5.48. The van der Waals surface area contributed by atoms with E-state index in [0.29, 0.717) is 11.3 Å². The minimum atomic E-state index is -0.897. The first-order chi connectivity index (χ1) is 9.12. The number of carboxylic acids is 1. The zero-order valence-electron chi connectivity index (χ0n) is 11.4. The fourth-order valence-corrected chi connectivity index (χ4v) is 2.60. The van der Waals surface area contributed by atoms with Crippen LogP contribution in [0.4, 0.5) is 0 Å². The lowest BCUT2D eigenvalue weighted by Gasteiger charge is -2.32. The van der Waals surface area contributed by atoms with Gasteiger partial charge in [-0.2, -0.15) is 0 Å². The van der Waals surface area contributed by atoms with Crippen LogP contribution >= 0.6 is 0 Å². The summed E-state index contributed by atoms with van der Waals surface area (Å²) in [6.07, 6.45) is 1.61. The van der Waals surface area contributed by atoms with E-state index in [1.54, 1.807) is 20.3 Å². The summed E-state index contributed by atoms with van der Waals surface area (Å²) >= 11 is 0. The SMILES string of the molecule is CCC1Cc2c(OC)ccc(OC)c2C(C(=O)O)N1. The van der Waals surface area contributed by atoms with E-state index >= 15 is 0 Å². The van der Waals surface area contributed by atoms with Crippen molar-refractivity contribution in [3.8, 4) is 11.5 Å². The first kappa shape index (κ1) is 13.7. The molecule has 5 nitrogen and oxygen atoms in total. The number of ether oxygens (including phenoxy) is 2. The summed E-state index contributed by atoms with van der Waals surface area (Å²) in [5.41, 5.74) is 1.61. The molecule has 0 bridgehead atoms. The van der Waals surface area contributed by atoms with Crippen LogP contribution in [0.5, 0.6) is 11.5 Å². The lowest BCUT2D eigenvalue weighted by Crippen LogP contribution is -2.42. The molecule has 19 heavy (non-hydrogen) atoms. The van der Waals surface area contributed by atoms with Gasteiger partial charge in [-0.05, 0) is 25.0 Å². The average Bonchev–Trinajstić information content (AvgIpc) is 2.44. The smallest absolute Gasteiger partial charge is 0.325 e. The van der Waals surface area contributed by atoms with Gasteiger partial charge < -0.3 is 14.6 Å². The van der Waals surface area contributed by atoms with Gasteiger partial charge in [-0.15, -0.1) is 0 Å². The van der Waals surface area contributed by atoms with Crippen LogP contribution in [0.15, 0.2) is 12.1 Å². The van der Waals surface area contributed by atoms with Crippen LogP contribution in [0.2, 0.25) is 0 Å². The number of aliphatic carboxylic acids is 1. The third-order valence-corrected chi connectivity index (χ3v) is 3.60. The second-order valence-corrected chi connectivity index (χ2v) is 4.61. The maximum Gasteiger partial charge on any atom is 0.325 e. The van der Waals surface area contributed by atoms with Crippen LogP contribution < -0.4 is 14.8 Å². The zero-order chi connectivity index (χ0) is 14.0. The Morgan fingerprint density at radius 3 is 2.53 bits per heavy atom. The molecule has 1 aliphatic rings. The van der Waals surface area contributed by atoms with Gasteiger partial charge >= 0.3 is 5.97 Å². The fraction of sp³-hybridized carbons (Fsp3) is 0.500. The molecule has 0 aliphatic carbocycles. The maximum absolute atomic E-state index is 11.5. The van der Waals surface area contributed by atoms with Crippen molar-refractivity contribution in [2.24, 2.45) is 0 Å². The van der Waals surface area contributed by atoms with Crippen molar-refractivity contribution in [1.29, 1.82) is 0 Å². The molecule has 2 unspecified atom stereocenters. The number of carboxylic acid groups (broad SMARTS) is 1. The molecule has 0 spiro atoms. The van der Waals surface area contributed by atoms with E-state index in [-0.39, 0.29) is 6.04 Å². The minimum Gasteiger partial charge on any atom is -0.496 e. The molecule has 1 aromatic rings. The molecule has 0 saturated heterocycles. The highest BCUT2D eigenvalue weighted by atomic mass is 16.5. The summed E-state index contributed by atoms with van der Waals surface area (Å²) in [6.45, 7) is 2.04. The zero-order valence-corrected chi connectivity index (χ0v) is 11.4. The van der Waals surface area contributed by atoms with Crippen molar-refractivity contribution in [3.05, 3.63) is 23.3 Å². The van der Waals surface area contributed by atoms with Crippen LogP contribution in [0.3, 0.4) is 0 Å². The van der Waals surface area contributed by atoms with Crippen molar-refractivity contribution in [3.63, 3.8) is 0 Å². The van der Waals surface area contributed by atoms with Gasteiger partial charge in [0.25, 0.3) is 0 Å². The summed E-state index contributed by atoms with van der Waals surface area (Å²) in [5.74, 6) is 0.415. The van der Waals surface area contributed by atoms with Gasteiger partial charge in [0.1, 0.15) is 17.5 Å². The minimum absolute atomic E-state index is 0.134. The molecule has 0 saturated carbocycles. The number of methoxy groups -OCH3 is 2. The summed E-state index contributed by atoms with van der Waals surface area (Å²) in [6, 6.07) is 2.96. The Hall–Kier alpha value is -1.75. The van der Waals surface area contributed by atoms with E-state index in [2.05, 4.69) is 5.32 Å². The summed E-state index contributed by atoms with van der Waals surface area (Å²) in [4.78, 5) is 11.5. The third-order valence-electron chi connectivity index (χ3n) is 3.60. The van der Waals surface area contributed by atoms with Crippen LogP contribution in [0, 0.1) is 0 Å². The summed E-state index contributed by atoms with van der Waals surface area (Å²) < 4.78 is 10.7. The van der Waals surface area contributed by atoms with Crippen LogP contribution in [0.1, 0.15) is 30.5 Å². The van der Waals surface area contributed by atoms with Crippen molar-refractivity contribution in [2.75, 3.05) is 14.2 Å². The third kappa shape index (κ3) is 2.38. The molecule has 1 aliphatic heterocycles. The molecule has 0 amide bonds. The Labute approximate surface area is 112 Å². The molecule has 1 aromatic carbocycles. The van der Waals surface area contributed by atoms with E-state index in [4.69, 9.17) is 9.47 Å². The Morgan fingerprint density at radius 1 is 1.37 bits per heavy atom. The quantitative estimate of drug-likeness (QED) is 0.868. The van der Waals surface area contributed by atoms with Crippen LogP contribution in [0.25, 0.3) is 0 Å². The summed E-state index contributed by atoms with van der Waals surface area (Å²) in [5, 5.41) is 12.6. The molecule has 0 aromatic heterocycles. The number of carbonyl (C=O) groups is 1. The van der Waals surface area contributed by atoms with E-state index in [1.165, 1.54) is 0 Å². The normalized spacial score (nSPS) is 21.6. The van der Waals surface area contributed by atoms with Crippen LogP contribution in [-0.2, 0) is 11.2 Å². The fourth-order valence-electron chi connectivity index (χ4n) is 2.60. The van der Waals surface area contributed by atoms with E-state index in [1.807, 2.05) is 13.0 Å².